The van der Waals surface area contributed by atoms with Crippen molar-refractivity contribution in [3.8, 4) is 0 Å². The van der Waals surface area contributed by atoms with Gasteiger partial charge in [0.25, 0.3) is 0 Å². The van der Waals surface area contributed by atoms with Gasteiger partial charge in [0.2, 0.25) is 5.78 Å². The fourth-order valence-electron chi connectivity index (χ4n) is 2.32. The number of Topliss-reactive ketones (excluding diaryl/α,β-unsaturated/α-hetero) is 1. The molecule has 4 nitrogen and oxygen atoms in total. The molecule has 0 aliphatic heterocycles. The lowest BCUT2D eigenvalue weighted by atomic mass is 9.96. The molecule has 0 saturated carbocycles. The van der Waals surface area contributed by atoms with E-state index in [1.807, 2.05) is 32.9 Å². The number of hydrogen-bond donors (Lipinski definition) is 0. The van der Waals surface area contributed by atoms with Crippen LogP contribution in [-0.4, -0.2) is 17.9 Å². The SMILES string of the molecule is Cc1cc(C)c(C(=O)[C@@H](C)OC(=O)c2ccoc2C)cc1C. The van der Waals surface area contributed by atoms with E-state index in [4.69, 9.17) is 9.15 Å². The average Bonchev–Trinajstić information content (AvgIpc) is 2.88. The molecule has 1 atom stereocenters. The zero-order chi connectivity index (χ0) is 16.4. The van der Waals surface area contributed by atoms with E-state index in [9.17, 15) is 9.59 Å². The van der Waals surface area contributed by atoms with Gasteiger partial charge in [-0.25, -0.2) is 4.79 Å². The standard InChI is InChI=1S/C18H20O4/c1-10-8-12(3)16(9-11(10)2)17(19)14(5)22-18(20)15-6-7-21-13(15)4/h6-9,14H,1-5H3/t14-/m1/s1. The van der Waals surface area contributed by atoms with Crippen LogP contribution in [0.3, 0.4) is 0 Å². The van der Waals surface area contributed by atoms with E-state index in [1.165, 1.54) is 12.3 Å². The molecule has 0 fully saturated rings. The first-order chi connectivity index (χ1) is 10.3. The van der Waals surface area contributed by atoms with Crippen LogP contribution in [0.15, 0.2) is 28.9 Å². The Morgan fingerprint density at radius 2 is 1.64 bits per heavy atom. The predicted molar refractivity (Wildman–Crippen MR) is 83.3 cm³/mol. The Bertz CT molecular complexity index is 725. The molecule has 0 N–H and O–H groups in total. The zero-order valence-corrected chi connectivity index (χ0v) is 13.5. The summed E-state index contributed by atoms with van der Waals surface area (Å²) in [5.74, 6) is -0.268. The van der Waals surface area contributed by atoms with Crippen LogP contribution < -0.4 is 0 Å². The fraction of sp³-hybridized carbons (Fsp3) is 0.333. The first kappa shape index (κ1) is 16.0. The van der Waals surface area contributed by atoms with Crippen molar-refractivity contribution in [3.63, 3.8) is 0 Å². The van der Waals surface area contributed by atoms with E-state index in [-0.39, 0.29) is 5.78 Å². The first-order valence-corrected chi connectivity index (χ1v) is 7.18. The molecule has 0 aliphatic carbocycles. The van der Waals surface area contributed by atoms with Gasteiger partial charge in [0.15, 0.2) is 6.10 Å². The second-order valence-electron chi connectivity index (χ2n) is 5.55. The maximum Gasteiger partial charge on any atom is 0.342 e. The smallest absolute Gasteiger partial charge is 0.342 e. The van der Waals surface area contributed by atoms with Crippen molar-refractivity contribution in [2.75, 3.05) is 0 Å². The van der Waals surface area contributed by atoms with Gasteiger partial charge in [0.05, 0.1) is 6.26 Å². The fourth-order valence-corrected chi connectivity index (χ4v) is 2.32. The van der Waals surface area contributed by atoms with Crippen molar-refractivity contribution in [2.45, 2.75) is 40.7 Å². The molecule has 0 spiro atoms. The van der Waals surface area contributed by atoms with E-state index in [1.54, 1.807) is 13.8 Å². The molecule has 0 radical (unpaired) electrons. The van der Waals surface area contributed by atoms with Crippen LogP contribution in [0.4, 0.5) is 0 Å². The molecule has 1 heterocycles. The van der Waals surface area contributed by atoms with E-state index in [0.717, 1.165) is 16.7 Å². The Kier molecular flexibility index (Phi) is 4.50. The number of carbonyl (C=O) groups is 2. The number of hydrogen-bond acceptors (Lipinski definition) is 4. The normalized spacial score (nSPS) is 12.0. The number of carbonyl (C=O) groups excluding carboxylic acids is 2. The zero-order valence-electron chi connectivity index (χ0n) is 13.5. The van der Waals surface area contributed by atoms with Gasteiger partial charge in [0, 0.05) is 5.56 Å². The summed E-state index contributed by atoms with van der Waals surface area (Å²) in [6, 6.07) is 5.36. The highest BCUT2D eigenvalue weighted by molar-refractivity contribution is 6.02. The molecule has 1 aromatic carbocycles. The van der Waals surface area contributed by atoms with Crippen molar-refractivity contribution in [3.05, 3.63) is 58.0 Å². The number of ketones is 1. The maximum absolute atomic E-state index is 12.5. The Balaban J connectivity index is 2.18. The molecule has 0 aliphatic rings. The minimum Gasteiger partial charge on any atom is -0.469 e. The summed E-state index contributed by atoms with van der Waals surface area (Å²) in [7, 11) is 0. The van der Waals surface area contributed by atoms with Gasteiger partial charge in [-0.3, -0.25) is 4.79 Å². The van der Waals surface area contributed by atoms with Gasteiger partial charge in [-0.15, -0.1) is 0 Å². The van der Waals surface area contributed by atoms with Crippen molar-refractivity contribution >= 4 is 11.8 Å². The summed E-state index contributed by atoms with van der Waals surface area (Å²) in [4.78, 5) is 24.6. The molecule has 2 rings (SSSR count). The monoisotopic (exact) mass is 300 g/mol. The summed E-state index contributed by atoms with van der Waals surface area (Å²) in [5.41, 5.74) is 3.99. The molecule has 0 amide bonds. The summed E-state index contributed by atoms with van der Waals surface area (Å²) >= 11 is 0. The Labute approximate surface area is 130 Å². The third-order valence-corrected chi connectivity index (χ3v) is 3.84. The van der Waals surface area contributed by atoms with Crippen molar-refractivity contribution in [1.82, 2.24) is 0 Å². The van der Waals surface area contributed by atoms with Gasteiger partial charge >= 0.3 is 5.97 Å². The predicted octanol–water partition coefficient (Wildman–Crippen LogP) is 3.94. The molecule has 0 saturated heterocycles. The lowest BCUT2D eigenvalue weighted by Crippen LogP contribution is -2.25. The summed E-state index contributed by atoms with van der Waals surface area (Å²) in [5, 5.41) is 0. The van der Waals surface area contributed by atoms with E-state index in [2.05, 4.69) is 0 Å². The van der Waals surface area contributed by atoms with Crippen molar-refractivity contribution in [1.29, 1.82) is 0 Å². The van der Waals surface area contributed by atoms with Gasteiger partial charge < -0.3 is 9.15 Å². The minimum atomic E-state index is -0.845. The molecule has 0 unspecified atom stereocenters. The van der Waals surface area contributed by atoms with Gasteiger partial charge in [-0.1, -0.05) is 6.07 Å². The molecule has 4 heteroatoms. The van der Waals surface area contributed by atoms with Crippen LogP contribution in [-0.2, 0) is 4.74 Å². The lowest BCUT2D eigenvalue weighted by molar-refractivity contribution is 0.0317. The van der Waals surface area contributed by atoms with E-state index < -0.39 is 12.1 Å². The Morgan fingerprint density at radius 3 is 2.23 bits per heavy atom. The lowest BCUT2D eigenvalue weighted by Gasteiger charge is -2.15. The van der Waals surface area contributed by atoms with Crippen molar-refractivity contribution in [2.24, 2.45) is 0 Å². The largest absolute Gasteiger partial charge is 0.469 e. The number of ether oxygens (including phenoxy) is 1. The molecular formula is C18H20O4. The Morgan fingerprint density at radius 1 is 1.00 bits per heavy atom. The third kappa shape index (κ3) is 3.11. The van der Waals surface area contributed by atoms with Gasteiger partial charge in [-0.2, -0.15) is 0 Å². The van der Waals surface area contributed by atoms with Crippen LogP contribution >= 0.6 is 0 Å². The molecule has 22 heavy (non-hydrogen) atoms. The van der Waals surface area contributed by atoms with Crippen LogP contribution in [0.1, 0.15) is 50.1 Å². The van der Waals surface area contributed by atoms with Crippen LogP contribution in [0.5, 0.6) is 0 Å². The maximum atomic E-state index is 12.5. The summed E-state index contributed by atoms with van der Waals surface area (Å²) in [6.07, 6.45) is 0.578. The highest BCUT2D eigenvalue weighted by atomic mass is 16.5. The molecule has 2 aromatic rings. The number of rotatable bonds is 4. The highest BCUT2D eigenvalue weighted by Gasteiger charge is 2.23. The van der Waals surface area contributed by atoms with Crippen LogP contribution in [0.25, 0.3) is 0 Å². The topological polar surface area (TPSA) is 56.5 Å². The summed E-state index contributed by atoms with van der Waals surface area (Å²) < 4.78 is 10.3. The molecular weight excluding hydrogens is 280 g/mol. The van der Waals surface area contributed by atoms with Gasteiger partial charge in [0.1, 0.15) is 11.3 Å². The van der Waals surface area contributed by atoms with E-state index in [0.29, 0.717) is 16.9 Å². The minimum absolute atomic E-state index is 0.199. The number of furan rings is 1. The third-order valence-electron chi connectivity index (χ3n) is 3.84. The number of benzene rings is 1. The number of aryl methyl sites for hydroxylation is 4. The Hall–Kier alpha value is -2.36. The second kappa shape index (κ2) is 6.18. The highest BCUT2D eigenvalue weighted by Crippen LogP contribution is 2.19. The quantitative estimate of drug-likeness (QED) is 0.634. The molecule has 1 aromatic heterocycles. The van der Waals surface area contributed by atoms with Crippen LogP contribution in [0, 0.1) is 27.7 Å². The number of esters is 1. The van der Waals surface area contributed by atoms with Crippen LogP contribution in [0.2, 0.25) is 0 Å². The van der Waals surface area contributed by atoms with Gasteiger partial charge in [-0.05, 0) is 63.4 Å². The first-order valence-electron chi connectivity index (χ1n) is 7.18. The van der Waals surface area contributed by atoms with E-state index >= 15 is 0 Å². The summed E-state index contributed by atoms with van der Waals surface area (Å²) in [6.45, 7) is 9.11. The average molecular weight is 300 g/mol. The van der Waals surface area contributed by atoms with Crippen molar-refractivity contribution < 1.29 is 18.7 Å². The molecule has 116 valence electrons. The second-order valence-corrected chi connectivity index (χ2v) is 5.55. The molecule has 0 bridgehead atoms.